The largest absolute Gasteiger partial charge is 0.497 e. The molecule has 1 atom stereocenters. The van der Waals surface area contributed by atoms with Crippen LogP contribution in [-0.4, -0.2) is 64.5 Å². The number of nitrogens with zero attached hydrogens (tertiary/aromatic N) is 3. The molecule has 0 saturated carbocycles. The van der Waals surface area contributed by atoms with Gasteiger partial charge in [0, 0.05) is 25.7 Å². The van der Waals surface area contributed by atoms with Crippen LogP contribution in [0.1, 0.15) is 18.5 Å². The van der Waals surface area contributed by atoms with Crippen LogP contribution in [0.2, 0.25) is 0 Å². The smallest absolute Gasteiger partial charge is 0.123 e. The van der Waals surface area contributed by atoms with Gasteiger partial charge in [-0.1, -0.05) is 18.2 Å². The first kappa shape index (κ1) is 20.5. The number of benzene rings is 2. The standard InChI is InChI=1S/C23H27N3O4/c1-29-18-5-4-6-19(13-18)30-16-17(27)15-26-11-9-23(28,10-12-26)22-14-24-20-7-2-3-8-21(20)25-22/h2-8,13-14,17,27-28H,9-12,15-16H2,1H3/t17-/m1/s1. The van der Waals surface area contributed by atoms with E-state index in [-0.39, 0.29) is 6.61 Å². The summed E-state index contributed by atoms with van der Waals surface area (Å²) in [5.74, 6) is 1.38. The number of rotatable bonds is 7. The minimum atomic E-state index is -0.991. The first-order chi connectivity index (χ1) is 14.6. The minimum absolute atomic E-state index is 0.198. The lowest BCUT2D eigenvalue weighted by Crippen LogP contribution is -2.46. The monoisotopic (exact) mass is 409 g/mol. The second-order valence-electron chi connectivity index (χ2n) is 7.72. The summed E-state index contributed by atoms with van der Waals surface area (Å²) in [6.07, 6.45) is 2.14. The number of aliphatic hydroxyl groups is 2. The topological polar surface area (TPSA) is 87.9 Å². The van der Waals surface area contributed by atoms with Gasteiger partial charge in [0.25, 0.3) is 0 Å². The zero-order valence-electron chi connectivity index (χ0n) is 17.1. The fourth-order valence-corrected chi connectivity index (χ4v) is 3.78. The van der Waals surface area contributed by atoms with Gasteiger partial charge in [0.2, 0.25) is 0 Å². The number of piperidine rings is 1. The van der Waals surface area contributed by atoms with Crippen molar-refractivity contribution in [2.24, 2.45) is 0 Å². The van der Waals surface area contributed by atoms with Crippen LogP contribution in [0.4, 0.5) is 0 Å². The number of aromatic nitrogens is 2. The van der Waals surface area contributed by atoms with Crippen LogP contribution in [0.25, 0.3) is 11.0 Å². The zero-order valence-corrected chi connectivity index (χ0v) is 17.1. The summed E-state index contributed by atoms with van der Waals surface area (Å²) in [7, 11) is 1.61. The first-order valence-electron chi connectivity index (χ1n) is 10.2. The van der Waals surface area contributed by atoms with Crippen molar-refractivity contribution in [3.05, 3.63) is 60.4 Å². The van der Waals surface area contributed by atoms with Gasteiger partial charge in [-0.25, -0.2) is 4.98 Å². The van der Waals surface area contributed by atoms with Gasteiger partial charge in [-0.15, -0.1) is 0 Å². The number of hydrogen-bond donors (Lipinski definition) is 2. The lowest BCUT2D eigenvalue weighted by Gasteiger charge is -2.38. The summed E-state index contributed by atoms with van der Waals surface area (Å²) in [6, 6.07) is 15.0. The van der Waals surface area contributed by atoms with Crippen molar-refractivity contribution < 1.29 is 19.7 Å². The Hall–Kier alpha value is -2.74. The molecule has 3 aromatic rings. The SMILES string of the molecule is COc1cccc(OC[C@H](O)CN2CCC(O)(c3cnc4ccccc4n3)CC2)c1. The molecule has 1 saturated heterocycles. The van der Waals surface area contributed by atoms with Gasteiger partial charge in [-0.3, -0.25) is 4.98 Å². The van der Waals surface area contributed by atoms with Crippen molar-refractivity contribution in [3.63, 3.8) is 0 Å². The Morgan fingerprint density at radius 1 is 1.07 bits per heavy atom. The van der Waals surface area contributed by atoms with Gasteiger partial charge in [-0.2, -0.15) is 0 Å². The predicted octanol–water partition coefficient (Wildman–Crippen LogP) is 2.36. The third-order valence-corrected chi connectivity index (χ3v) is 5.56. The van der Waals surface area contributed by atoms with Crippen LogP contribution in [0.3, 0.4) is 0 Å². The number of para-hydroxylation sites is 2. The highest BCUT2D eigenvalue weighted by Gasteiger charge is 2.36. The molecule has 1 fully saturated rings. The maximum Gasteiger partial charge on any atom is 0.123 e. The second kappa shape index (κ2) is 8.95. The van der Waals surface area contributed by atoms with Crippen LogP contribution in [0, 0.1) is 0 Å². The number of β-amino-alcohol motifs (C(OH)–C–C–N with tert-alkyl or cyclic N) is 1. The van der Waals surface area contributed by atoms with Crippen LogP contribution < -0.4 is 9.47 Å². The predicted molar refractivity (Wildman–Crippen MR) is 114 cm³/mol. The zero-order chi connectivity index (χ0) is 21.0. The van der Waals surface area contributed by atoms with E-state index in [0.717, 1.165) is 11.0 Å². The highest BCUT2D eigenvalue weighted by molar-refractivity contribution is 5.73. The molecule has 0 unspecified atom stereocenters. The van der Waals surface area contributed by atoms with Crippen molar-refractivity contribution in [2.75, 3.05) is 33.4 Å². The van der Waals surface area contributed by atoms with Gasteiger partial charge >= 0.3 is 0 Å². The Balaban J connectivity index is 1.30. The van der Waals surface area contributed by atoms with Gasteiger partial charge in [0.15, 0.2) is 0 Å². The number of ether oxygens (including phenoxy) is 2. The number of aliphatic hydroxyl groups excluding tert-OH is 1. The van der Waals surface area contributed by atoms with E-state index in [1.807, 2.05) is 42.5 Å². The fraction of sp³-hybridized carbons (Fsp3) is 0.391. The Morgan fingerprint density at radius 3 is 2.57 bits per heavy atom. The molecular formula is C23H27N3O4. The van der Waals surface area contributed by atoms with E-state index in [9.17, 15) is 10.2 Å². The average molecular weight is 409 g/mol. The van der Waals surface area contributed by atoms with Crippen molar-refractivity contribution in [3.8, 4) is 11.5 Å². The highest BCUT2D eigenvalue weighted by atomic mass is 16.5. The molecule has 0 amide bonds. The molecule has 2 heterocycles. The number of hydrogen-bond acceptors (Lipinski definition) is 7. The fourth-order valence-electron chi connectivity index (χ4n) is 3.78. The molecule has 0 spiro atoms. The van der Waals surface area contributed by atoms with Crippen molar-refractivity contribution in [1.29, 1.82) is 0 Å². The highest BCUT2D eigenvalue weighted by Crippen LogP contribution is 2.32. The Bertz CT molecular complexity index is 989. The summed E-state index contributed by atoms with van der Waals surface area (Å²) in [6.45, 7) is 2.02. The summed E-state index contributed by atoms with van der Waals surface area (Å²) < 4.78 is 10.9. The summed E-state index contributed by atoms with van der Waals surface area (Å²) in [5.41, 5.74) is 1.23. The van der Waals surface area contributed by atoms with E-state index in [4.69, 9.17) is 9.47 Å². The maximum absolute atomic E-state index is 11.1. The third-order valence-electron chi connectivity index (χ3n) is 5.56. The first-order valence-corrected chi connectivity index (χ1v) is 10.2. The quantitative estimate of drug-likeness (QED) is 0.619. The number of likely N-dealkylation sites (tertiary alicyclic amines) is 1. The number of methoxy groups -OCH3 is 1. The number of fused-ring (bicyclic) bond motifs is 1. The molecule has 30 heavy (non-hydrogen) atoms. The lowest BCUT2D eigenvalue weighted by atomic mass is 9.88. The minimum Gasteiger partial charge on any atom is -0.497 e. The van der Waals surface area contributed by atoms with E-state index < -0.39 is 11.7 Å². The normalized spacial score (nSPS) is 17.6. The Kier molecular flexibility index (Phi) is 6.13. The summed E-state index contributed by atoms with van der Waals surface area (Å²) >= 11 is 0. The molecule has 4 rings (SSSR count). The molecule has 1 aliphatic heterocycles. The van der Waals surface area contributed by atoms with E-state index in [0.29, 0.717) is 49.7 Å². The molecule has 1 aromatic heterocycles. The van der Waals surface area contributed by atoms with Crippen LogP contribution in [0.15, 0.2) is 54.7 Å². The summed E-state index contributed by atoms with van der Waals surface area (Å²) in [5, 5.41) is 21.5. The van der Waals surface area contributed by atoms with Crippen molar-refractivity contribution >= 4 is 11.0 Å². The second-order valence-corrected chi connectivity index (χ2v) is 7.72. The van der Waals surface area contributed by atoms with Crippen molar-refractivity contribution in [1.82, 2.24) is 14.9 Å². The maximum atomic E-state index is 11.1. The van der Waals surface area contributed by atoms with Crippen molar-refractivity contribution in [2.45, 2.75) is 24.5 Å². The molecule has 0 radical (unpaired) electrons. The molecular weight excluding hydrogens is 382 g/mol. The van der Waals surface area contributed by atoms with Gasteiger partial charge in [-0.05, 0) is 37.1 Å². The molecule has 1 aliphatic rings. The van der Waals surface area contributed by atoms with Crippen LogP contribution in [0.5, 0.6) is 11.5 Å². The van der Waals surface area contributed by atoms with Crippen LogP contribution in [-0.2, 0) is 5.60 Å². The van der Waals surface area contributed by atoms with E-state index >= 15 is 0 Å². The van der Waals surface area contributed by atoms with Gasteiger partial charge in [0.1, 0.15) is 29.8 Å². The van der Waals surface area contributed by atoms with Gasteiger partial charge < -0.3 is 24.6 Å². The summed E-state index contributed by atoms with van der Waals surface area (Å²) in [4.78, 5) is 11.2. The van der Waals surface area contributed by atoms with E-state index in [1.54, 1.807) is 19.4 Å². The molecule has 0 aliphatic carbocycles. The van der Waals surface area contributed by atoms with Gasteiger partial charge in [0.05, 0.1) is 30.0 Å². The molecule has 7 nitrogen and oxygen atoms in total. The Morgan fingerprint density at radius 2 is 1.80 bits per heavy atom. The Labute approximate surface area is 175 Å². The average Bonchev–Trinajstić information content (AvgIpc) is 2.79. The lowest BCUT2D eigenvalue weighted by molar-refractivity contribution is -0.0401. The van der Waals surface area contributed by atoms with Crippen LogP contribution >= 0.6 is 0 Å². The third kappa shape index (κ3) is 4.70. The van der Waals surface area contributed by atoms with E-state index in [2.05, 4.69) is 14.9 Å². The molecule has 2 aromatic carbocycles. The molecule has 2 N–H and O–H groups in total. The van der Waals surface area contributed by atoms with E-state index in [1.165, 1.54) is 0 Å². The molecule has 0 bridgehead atoms. The molecule has 7 heteroatoms. The molecule has 158 valence electrons.